The van der Waals surface area contributed by atoms with E-state index in [0.717, 1.165) is 44.0 Å². The van der Waals surface area contributed by atoms with E-state index in [9.17, 15) is 4.79 Å². The summed E-state index contributed by atoms with van der Waals surface area (Å²) in [6.07, 6.45) is 6.67. The van der Waals surface area contributed by atoms with Gasteiger partial charge >= 0.3 is 0 Å². The first-order valence-electron chi connectivity index (χ1n) is 8.28. The molecule has 3 heteroatoms. The quantitative estimate of drug-likeness (QED) is 0.509. The lowest BCUT2D eigenvalue weighted by Gasteiger charge is -2.13. The Morgan fingerprint density at radius 3 is 2.52 bits per heavy atom. The Hall–Kier alpha value is -1.35. The summed E-state index contributed by atoms with van der Waals surface area (Å²) in [5.41, 5.74) is 0.801. The van der Waals surface area contributed by atoms with Crippen molar-refractivity contribution in [2.24, 2.45) is 0 Å². The fraction of sp³-hybridized carbons (Fsp3) is 0.611. The molecular weight excluding hydrogens is 262 g/mol. The van der Waals surface area contributed by atoms with Gasteiger partial charge in [0.2, 0.25) is 0 Å². The minimum absolute atomic E-state index is 0.236. The van der Waals surface area contributed by atoms with Crippen molar-refractivity contribution in [3.05, 3.63) is 29.8 Å². The molecule has 0 aromatic heterocycles. The predicted molar refractivity (Wildman–Crippen MR) is 86.1 cm³/mol. The molecule has 0 unspecified atom stereocenters. The lowest BCUT2D eigenvalue weighted by atomic mass is 10.1. The Labute approximate surface area is 128 Å². The molecular formula is C18H27NO2. The van der Waals surface area contributed by atoms with Crippen LogP contribution in [0.25, 0.3) is 0 Å². The van der Waals surface area contributed by atoms with Gasteiger partial charge < -0.3 is 9.64 Å². The summed E-state index contributed by atoms with van der Waals surface area (Å²) in [4.78, 5) is 14.5. The number of nitrogens with zero attached hydrogens (tertiary/aromatic N) is 1. The Bertz CT molecular complexity index is 421. The van der Waals surface area contributed by atoms with Gasteiger partial charge in [0.1, 0.15) is 5.75 Å². The molecule has 0 atom stereocenters. The van der Waals surface area contributed by atoms with Gasteiger partial charge in [-0.05, 0) is 56.6 Å². The fourth-order valence-corrected chi connectivity index (χ4v) is 2.69. The van der Waals surface area contributed by atoms with Crippen molar-refractivity contribution < 1.29 is 9.53 Å². The Morgan fingerprint density at radius 1 is 1.14 bits per heavy atom. The summed E-state index contributed by atoms with van der Waals surface area (Å²) in [5.74, 6) is 1.10. The Balaban J connectivity index is 1.73. The van der Waals surface area contributed by atoms with Crippen LogP contribution in [0.4, 0.5) is 0 Å². The van der Waals surface area contributed by atoms with Crippen LogP contribution in [-0.4, -0.2) is 36.9 Å². The molecule has 0 amide bonds. The van der Waals surface area contributed by atoms with Gasteiger partial charge in [-0.15, -0.1) is 0 Å². The highest BCUT2D eigenvalue weighted by atomic mass is 16.5. The average molecular weight is 289 g/mol. The number of Topliss-reactive ketones (excluding diaryl/α,β-unsaturated/α-hetero) is 1. The van der Waals surface area contributed by atoms with E-state index in [0.29, 0.717) is 6.42 Å². The molecule has 0 N–H and O–H groups in total. The number of hydrogen-bond donors (Lipinski definition) is 0. The van der Waals surface area contributed by atoms with Crippen LogP contribution in [0.3, 0.4) is 0 Å². The van der Waals surface area contributed by atoms with Crippen LogP contribution in [0.2, 0.25) is 0 Å². The maximum absolute atomic E-state index is 12.1. The summed E-state index contributed by atoms with van der Waals surface area (Å²) < 4.78 is 5.66. The first-order valence-corrected chi connectivity index (χ1v) is 8.28. The monoisotopic (exact) mass is 289 g/mol. The van der Waals surface area contributed by atoms with Gasteiger partial charge in [-0.3, -0.25) is 4.79 Å². The number of benzene rings is 1. The zero-order chi connectivity index (χ0) is 14.9. The third-order valence-corrected chi connectivity index (χ3v) is 4.05. The first kappa shape index (κ1) is 16.0. The smallest absolute Gasteiger partial charge is 0.164 e. The van der Waals surface area contributed by atoms with Gasteiger partial charge in [-0.1, -0.05) is 19.8 Å². The van der Waals surface area contributed by atoms with E-state index >= 15 is 0 Å². The summed E-state index contributed by atoms with van der Waals surface area (Å²) in [7, 11) is 0. The van der Waals surface area contributed by atoms with Crippen LogP contribution in [0, 0.1) is 0 Å². The molecule has 0 aliphatic carbocycles. The van der Waals surface area contributed by atoms with E-state index in [1.807, 2.05) is 24.3 Å². The standard InChI is InChI=1S/C18H27NO2/c1-2-3-6-15-21-17-9-7-16(8-10-17)18(20)11-14-19-12-4-5-13-19/h7-10H,2-6,11-15H2,1H3. The maximum atomic E-state index is 12.1. The minimum atomic E-state index is 0.236. The highest BCUT2D eigenvalue weighted by Crippen LogP contribution is 2.15. The van der Waals surface area contributed by atoms with E-state index < -0.39 is 0 Å². The molecule has 21 heavy (non-hydrogen) atoms. The predicted octanol–water partition coefficient (Wildman–Crippen LogP) is 3.92. The average Bonchev–Trinajstić information content (AvgIpc) is 3.03. The number of hydrogen-bond acceptors (Lipinski definition) is 3. The van der Waals surface area contributed by atoms with Gasteiger partial charge in [0.15, 0.2) is 5.78 Å². The van der Waals surface area contributed by atoms with Crippen LogP contribution in [0.1, 0.15) is 55.8 Å². The molecule has 1 heterocycles. The number of ketones is 1. The topological polar surface area (TPSA) is 29.5 Å². The number of carbonyl (C=O) groups excluding carboxylic acids is 1. The summed E-state index contributed by atoms with van der Waals surface area (Å²) >= 11 is 0. The molecule has 1 aromatic rings. The van der Waals surface area contributed by atoms with Crippen molar-refractivity contribution in [1.82, 2.24) is 4.90 Å². The van der Waals surface area contributed by atoms with Crippen molar-refractivity contribution >= 4 is 5.78 Å². The van der Waals surface area contributed by atoms with E-state index in [1.54, 1.807) is 0 Å². The highest BCUT2D eigenvalue weighted by molar-refractivity contribution is 5.96. The second-order valence-corrected chi connectivity index (χ2v) is 5.80. The first-order chi connectivity index (χ1) is 10.3. The number of unbranched alkanes of at least 4 members (excludes halogenated alkanes) is 2. The van der Waals surface area contributed by atoms with Gasteiger partial charge in [-0.25, -0.2) is 0 Å². The van der Waals surface area contributed by atoms with Crippen molar-refractivity contribution in [2.75, 3.05) is 26.2 Å². The van der Waals surface area contributed by atoms with Gasteiger partial charge in [-0.2, -0.15) is 0 Å². The zero-order valence-electron chi connectivity index (χ0n) is 13.1. The number of ether oxygens (including phenoxy) is 1. The second-order valence-electron chi connectivity index (χ2n) is 5.80. The largest absolute Gasteiger partial charge is 0.494 e. The molecule has 1 aromatic carbocycles. The molecule has 1 fully saturated rings. The van der Waals surface area contributed by atoms with Crippen molar-refractivity contribution in [1.29, 1.82) is 0 Å². The normalized spacial score (nSPS) is 15.3. The zero-order valence-corrected chi connectivity index (χ0v) is 13.1. The Kier molecular flexibility index (Phi) is 6.74. The summed E-state index contributed by atoms with van der Waals surface area (Å²) in [5, 5.41) is 0. The van der Waals surface area contributed by atoms with Crippen LogP contribution in [0.5, 0.6) is 5.75 Å². The SMILES string of the molecule is CCCCCOc1ccc(C(=O)CCN2CCCC2)cc1. The van der Waals surface area contributed by atoms with E-state index in [-0.39, 0.29) is 5.78 Å². The third kappa shape index (κ3) is 5.50. The molecule has 0 bridgehead atoms. The van der Waals surface area contributed by atoms with Gasteiger partial charge in [0.25, 0.3) is 0 Å². The molecule has 0 spiro atoms. The van der Waals surface area contributed by atoms with Crippen LogP contribution < -0.4 is 4.74 Å². The van der Waals surface area contributed by atoms with Gasteiger partial charge in [0, 0.05) is 18.5 Å². The van der Waals surface area contributed by atoms with Crippen LogP contribution in [0.15, 0.2) is 24.3 Å². The van der Waals surface area contributed by atoms with Gasteiger partial charge in [0.05, 0.1) is 6.61 Å². The van der Waals surface area contributed by atoms with E-state index in [4.69, 9.17) is 4.74 Å². The van der Waals surface area contributed by atoms with E-state index in [2.05, 4.69) is 11.8 Å². The van der Waals surface area contributed by atoms with Crippen molar-refractivity contribution in [3.8, 4) is 5.75 Å². The van der Waals surface area contributed by atoms with Crippen molar-refractivity contribution in [3.63, 3.8) is 0 Å². The second kappa shape index (κ2) is 8.83. The molecule has 1 aliphatic rings. The van der Waals surface area contributed by atoms with E-state index in [1.165, 1.54) is 25.7 Å². The molecule has 1 aliphatic heterocycles. The number of likely N-dealkylation sites (tertiary alicyclic amines) is 1. The number of rotatable bonds is 9. The maximum Gasteiger partial charge on any atom is 0.164 e. The molecule has 0 saturated carbocycles. The third-order valence-electron chi connectivity index (χ3n) is 4.05. The molecule has 0 radical (unpaired) electrons. The highest BCUT2D eigenvalue weighted by Gasteiger charge is 2.13. The molecule has 116 valence electrons. The van der Waals surface area contributed by atoms with Crippen molar-refractivity contribution in [2.45, 2.75) is 45.4 Å². The molecule has 3 nitrogen and oxygen atoms in total. The van der Waals surface area contributed by atoms with Crippen LogP contribution >= 0.6 is 0 Å². The minimum Gasteiger partial charge on any atom is -0.494 e. The lowest BCUT2D eigenvalue weighted by Crippen LogP contribution is -2.22. The lowest BCUT2D eigenvalue weighted by molar-refractivity contribution is 0.0969. The number of carbonyl (C=O) groups is 1. The summed E-state index contributed by atoms with van der Waals surface area (Å²) in [6.45, 7) is 6.14. The van der Waals surface area contributed by atoms with Crippen LogP contribution in [-0.2, 0) is 0 Å². The fourth-order valence-electron chi connectivity index (χ4n) is 2.69. The summed E-state index contributed by atoms with van der Waals surface area (Å²) in [6, 6.07) is 7.60. The molecule has 1 saturated heterocycles. The molecule has 2 rings (SSSR count). The Morgan fingerprint density at radius 2 is 1.86 bits per heavy atom.